The molecule has 1 heteroatoms. The summed E-state index contributed by atoms with van der Waals surface area (Å²) in [6.07, 6.45) is 1.21. The quantitative estimate of drug-likeness (QED) is 0.660. The van der Waals surface area contributed by atoms with E-state index in [0.29, 0.717) is 5.41 Å². The molecular formula is C14H24S. The molecule has 1 aromatic rings. The Morgan fingerprint density at radius 1 is 1.13 bits per heavy atom. The van der Waals surface area contributed by atoms with Gasteiger partial charge in [-0.2, -0.15) is 0 Å². The van der Waals surface area contributed by atoms with Crippen molar-refractivity contribution in [3.63, 3.8) is 0 Å². The summed E-state index contributed by atoms with van der Waals surface area (Å²) in [4.78, 5) is 3.08. The lowest BCUT2D eigenvalue weighted by Crippen LogP contribution is -2.14. The number of aryl methyl sites for hydroxylation is 1. The van der Waals surface area contributed by atoms with E-state index in [-0.39, 0.29) is 5.41 Å². The maximum absolute atomic E-state index is 2.37. The number of hydrogen-bond donors (Lipinski definition) is 0. The zero-order valence-corrected chi connectivity index (χ0v) is 12.0. The molecule has 0 spiro atoms. The van der Waals surface area contributed by atoms with Crippen LogP contribution in [0.2, 0.25) is 0 Å². The van der Waals surface area contributed by atoms with Crippen LogP contribution in [0.4, 0.5) is 0 Å². The fourth-order valence-corrected chi connectivity index (χ4v) is 3.09. The van der Waals surface area contributed by atoms with Gasteiger partial charge in [0.2, 0.25) is 0 Å². The van der Waals surface area contributed by atoms with Crippen LogP contribution in [-0.4, -0.2) is 0 Å². The average Bonchev–Trinajstić information content (AvgIpc) is 2.47. The maximum Gasteiger partial charge on any atom is 0.0134 e. The molecular weight excluding hydrogens is 200 g/mol. The molecule has 0 aromatic carbocycles. The molecule has 0 fully saturated rings. The minimum absolute atomic E-state index is 0.289. The van der Waals surface area contributed by atoms with E-state index in [1.165, 1.54) is 16.9 Å². The number of hydrogen-bond acceptors (Lipinski definition) is 1. The highest BCUT2D eigenvalue weighted by atomic mass is 32.1. The fraction of sp³-hybridized carbons (Fsp3) is 0.714. The van der Waals surface area contributed by atoms with Crippen LogP contribution in [0.15, 0.2) is 6.07 Å². The van der Waals surface area contributed by atoms with Gasteiger partial charge in [-0.3, -0.25) is 0 Å². The first-order valence-corrected chi connectivity index (χ1v) is 6.61. The number of rotatable bonds is 2. The van der Waals surface area contributed by atoms with Gasteiger partial charge < -0.3 is 0 Å². The van der Waals surface area contributed by atoms with Gasteiger partial charge in [0.05, 0.1) is 0 Å². The molecule has 15 heavy (non-hydrogen) atoms. The molecule has 86 valence electrons. The van der Waals surface area contributed by atoms with Crippen molar-refractivity contribution in [2.75, 3.05) is 0 Å². The van der Waals surface area contributed by atoms with Crippen LogP contribution in [0.5, 0.6) is 0 Å². The second-order valence-corrected chi connectivity index (χ2v) is 7.16. The largest absolute Gasteiger partial charge is 0.144 e. The summed E-state index contributed by atoms with van der Waals surface area (Å²) in [5, 5.41) is 0. The van der Waals surface area contributed by atoms with Crippen LogP contribution < -0.4 is 0 Å². The molecule has 1 aromatic heterocycles. The van der Waals surface area contributed by atoms with Gasteiger partial charge in [-0.1, -0.05) is 41.5 Å². The summed E-state index contributed by atoms with van der Waals surface area (Å²) in [5.74, 6) is 0. The Morgan fingerprint density at radius 2 is 1.67 bits per heavy atom. The molecule has 0 aliphatic rings. The van der Waals surface area contributed by atoms with Crippen molar-refractivity contribution in [2.45, 2.75) is 65.7 Å². The molecule has 0 atom stereocenters. The molecule has 0 radical (unpaired) electrons. The van der Waals surface area contributed by atoms with E-state index in [0.717, 1.165) is 0 Å². The lowest BCUT2D eigenvalue weighted by atomic mass is 9.86. The zero-order chi connectivity index (χ0) is 11.9. The highest BCUT2D eigenvalue weighted by molar-refractivity contribution is 7.12. The van der Waals surface area contributed by atoms with Gasteiger partial charge in [0, 0.05) is 9.75 Å². The van der Waals surface area contributed by atoms with Crippen molar-refractivity contribution >= 4 is 11.3 Å². The summed E-state index contributed by atoms with van der Waals surface area (Å²) in [7, 11) is 0. The Labute approximate surface area is 98.7 Å². The molecule has 0 unspecified atom stereocenters. The second kappa shape index (κ2) is 3.93. The molecule has 0 bridgehead atoms. The standard InChI is InChI=1S/C14H24S/c1-8-14(6,7)12-10(2)9-11(15-12)13(3,4)5/h9H,8H2,1-7H3. The summed E-state index contributed by atoms with van der Waals surface area (Å²) < 4.78 is 0. The van der Waals surface area contributed by atoms with E-state index in [1.54, 1.807) is 4.88 Å². The van der Waals surface area contributed by atoms with Crippen LogP contribution in [0, 0.1) is 6.92 Å². The van der Waals surface area contributed by atoms with Crippen LogP contribution in [0.1, 0.15) is 63.3 Å². The summed E-state index contributed by atoms with van der Waals surface area (Å²) in [6, 6.07) is 2.37. The van der Waals surface area contributed by atoms with Gasteiger partial charge in [0.1, 0.15) is 0 Å². The minimum Gasteiger partial charge on any atom is -0.144 e. The third kappa shape index (κ3) is 2.63. The van der Waals surface area contributed by atoms with Gasteiger partial charge >= 0.3 is 0 Å². The van der Waals surface area contributed by atoms with Crippen molar-refractivity contribution in [1.82, 2.24) is 0 Å². The van der Waals surface area contributed by atoms with Crippen LogP contribution in [0.25, 0.3) is 0 Å². The molecule has 1 rings (SSSR count). The lowest BCUT2D eigenvalue weighted by molar-refractivity contribution is 0.514. The first-order chi connectivity index (χ1) is 6.68. The molecule has 0 nitrogen and oxygen atoms in total. The third-order valence-electron chi connectivity index (χ3n) is 3.16. The Bertz CT molecular complexity index is 337. The van der Waals surface area contributed by atoms with Crippen molar-refractivity contribution in [2.24, 2.45) is 0 Å². The van der Waals surface area contributed by atoms with Crippen LogP contribution in [0.3, 0.4) is 0 Å². The molecule has 0 aliphatic carbocycles. The Kier molecular flexibility index (Phi) is 3.35. The fourth-order valence-electron chi connectivity index (χ4n) is 1.68. The zero-order valence-electron chi connectivity index (χ0n) is 11.2. The van der Waals surface area contributed by atoms with Gasteiger partial charge in [-0.15, -0.1) is 11.3 Å². The van der Waals surface area contributed by atoms with Crippen molar-refractivity contribution in [1.29, 1.82) is 0 Å². The first-order valence-electron chi connectivity index (χ1n) is 5.80. The highest BCUT2D eigenvalue weighted by Crippen LogP contribution is 2.39. The van der Waals surface area contributed by atoms with Gasteiger partial charge in [0.15, 0.2) is 0 Å². The van der Waals surface area contributed by atoms with Gasteiger partial charge in [-0.25, -0.2) is 0 Å². The highest BCUT2D eigenvalue weighted by Gasteiger charge is 2.26. The van der Waals surface area contributed by atoms with E-state index >= 15 is 0 Å². The topological polar surface area (TPSA) is 0 Å². The Hall–Kier alpha value is -0.300. The first kappa shape index (κ1) is 12.8. The predicted octanol–water partition coefficient (Wildman–Crippen LogP) is 5.04. The molecule has 1 heterocycles. The summed E-state index contributed by atoms with van der Waals surface area (Å²) in [5.41, 5.74) is 2.09. The summed E-state index contributed by atoms with van der Waals surface area (Å²) in [6.45, 7) is 16.1. The van der Waals surface area contributed by atoms with Crippen LogP contribution in [-0.2, 0) is 10.8 Å². The Morgan fingerprint density at radius 3 is 2.00 bits per heavy atom. The normalized spacial score (nSPS) is 13.3. The smallest absolute Gasteiger partial charge is 0.0134 e. The molecule has 0 N–H and O–H groups in total. The van der Waals surface area contributed by atoms with Gasteiger partial charge in [0.25, 0.3) is 0 Å². The van der Waals surface area contributed by atoms with Crippen molar-refractivity contribution < 1.29 is 0 Å². The second-order valence-electron chi connectivity index (χ2n) is 6.11. The molecule has 0 amide bonds. The maximum atomic E-state index is 2.37. The summed E-state index contributed by atoms with van der Waals surface area (Å²) >= 11 is 2.00. The average molecular weight is 224 g/mol. The minimum atomic E-state index is 0.289. The van der Waals surface area contributed by atoms with Crippen molar-refractivity contribution in [3.05, 3.63) is 21.4 Å². The SMILES string of the molecule is CCC(C)(C)c1sc(C(C)(C)C)cc1C. The van der Waals surface area contributed by atoms with Crippen LogP contribution >= 0.6 is 11.3 Å². The Balaban J connectivity index is 3.18. The predicted molar refractivity (Wildman–Crippen MR) is 71.1 cm³/mol. The molecule has 0 saturated heterocycles. The number of thiophene rings is 1. The van der Waals surface area contributed by atoms with E-state index < -0.39 is 0 Å². The lowest BCUT2D eigenvalue weighted by Gasteiger charge is -2.22. The van der Waals surface area contributed by atoms with E-state index in [1.807, 2.05) is 11.3 Å². The van der Waals surface area contributed by atoms with E-state index in [4.69, 9.17) is 0 Å². The molecule has 0 aliphatic heterocycles. The third-order valence-corrected chi connectivity index (χ3v) is 5.18. The van der Waals surface area contributed by atoms with Gasteiger partial charge in [-0.05, 0) is 35.8 Å². The van der Waals surface area contributed by atoms with E-state index in [9.17, 15) is 0 Å². The monoisotopic (exact) mass is 224 g/mol. The van der Waals surface area contributed by atoms with Crippen molar-refractivity contribution in [3.8, 4) is 0 Å². The van der Waals surface area contributed by atoms with E-state index in [2.05, 4.69) is 54.5 Å². The molecule has 0 saturated carbocycles.